The summed E-state index contributed by atoms with van der Waals surface area (Å²) in [5, 5.41) is 2.97. The monoisotopic (exact) mass is 389 g/mol. The van der Waals surface area contributed by atoms with Gasteiger partial charge in [-0.1, -0.05) is 12.1 Å². The lowest BCUT2D eigenvalue weighted by atomic mass is 10.0. The average molecular weight is 389 g/mol. The molecule has 1 amide bonds. The first kappa shape index (κ1) is 17.5. The maximum atomic E-state index is 12.3. The topological polar surface area (TPSA) is 82.6 Å². The van der Waals surface area contributed by atoms with E-state index in [0.717, 1.165) is 34.4 Å². The van der Waals surface area contributed by atoms with Crippen LogP contribution in [0.1, 0.15) is 11.1 Å². The molecule has 3 aromatic rings. The minimum Gasteiger partial charge on any atom is -0.488 e. The summed E-state index contributed by atoms with van der Waals surface area (Å²) in [6.07, 6.45) is 6.06. The molecule has 0 radical (unpaired) electrons. The second-order valence-electron chi connectivity index (χ2n) is 7.06. The van der Waals surface area contributed by atoms with Gasteiger partial charge in [0, 0.05) is 24.4 Å². The third kappa shape index (κ3) is 3.71. The lowest BCUT2D eigenvalue weighted by Gasteiger charge is -2.12. The molecule has 3 heterocycles. The first-order chi connectivity index (χ1) is 14.2. The Balaban J connectivity index is 1.17. The number of nitrogens with zero attached hydrogens (tertiary/aromatic N) is 2. The maximum Gasteiger partial charge on any atom is 0.231 e. The number of carbonyl (C=O) groups is 1. The summed E-state index contributed by atoms with van der Waals surface area (Å²) in [5.41, 5.74) is 4.04. The van der Waals surface area contributed by atoms with Gasteiger partial charge in [-0.15, -0.1) is 0 Å². The minimum absolute atomic E-state index is 0.0504. The molecule has 0 saturated carbocycles. The van der Waals surface area contributed by atoms with Crippen LogP contribution in [0.5, 0.6) is 17.2 Å². The molecule has 0 fully saturated rings. The van der Waals surface area contributed by atoms with Crippen molar-refractivity contribution < 1.29 is 19.0 Å². The molecular formula is C22H19N3O4. The van der Waals surface area contributed by atoms with Crippen LogP contribution in [0.15, 0.2) is 55.1 Å². The third-order valence-corrected chi connectivity index (χ3v) is 5.02. The predicted octanol–water partition coefficient (Wildman–Crippen LogP) is 2.53. The summed E-state index contributed by atoms with van der Waals surface area (Å²) < 4.78 is 16.6. The molecular weight excluding hydrogens is 370 g/mol. The molecule has 7 nitrogen and oxygen atoms in total. The van der Waals surface area contributed by atoms with Gasteiger partial charge in [0.15, 0.2) is 11.5 Å². The van der Waals surface area contributed by atoms with E-state index in [1.54, 1.807) is 12.4 Å². The Morgan fingerprint density at radius 1 is 1.00 bits per heavy atom. The van der Waals surface area contributed by atoms with Crippen molar-refractivity contribution in [2.45, 2.75) is 18.9 Å². The fourth-order valence-corrected chi connectivity index (χ4v) is 3.59. The van der Waals surface area contributed by atoms with E-state index in [1.165, 1.54) is 6.33 Å². The number of rotatable bonds is 5. The Labute approximate surface area is 167 Å². The second-order valence-corrected chi connectivity index (χ2v) is 7.06. The van der Waals surface area contributed by atoms with Crippen LogP contribution >= 0.6 is 0 Å². The molecule has 2 aliphatic rings. The van der Waals surface area contributed by atoms with Crippen LogP contribution in [0, 0.1) is 0 Å². The first-order valence-electron chi connectivity index (χ1n) is 9.45. The highest BCUT2D eigenvalue weighted by Gasteiger charge is 2.24. The van der Waals surface area contributed by atoms with E-state index in [-0.39, 0.29) is 25.2 Å². The lowest BCUT2D eigenvalue weighted by Crippen LogP contribution is -2.35. The summed E-state index contributed by atoms with van der Waals surface area (Å²) in [6, 6.07) is 11.6. The van der Waals surface area contributed by atoms with E-state index in [9.17, 15) is 4.79 Å². The van der Waals surface area contributed by atoms with Gasteiger partial charge < -0.3 is 19.5 Å². The van der Waals surface area contributed by atoms with Gasteiger partial charge >= 0.3 is 0 Å². The van der Waals surface area contributed by atoms with Gasteiger partial charge in [-0.25, -0.2) is 9.97 Å². The van der Waals surface area contributed by atoms with Crippen molar-refractivity contribution in [1.29, 1.82) is 0 Å². The highest BCUT2D eigenvalue weighted by Crippen LogP contribution is 2.33. The number of hydrogen-bond acceptors (Lipinski definition) is 6. The molecule has 0 saturated heterocycles. The standard InChI is InChI=1S/C22H19N3O4/c26-22(6-14-1-3-20-21(5-14)28-13-27-20)25-11-18-8-16-7-15(2-4-19(16)29-18)17-9-23-12-24-10-17/h1-5,7,9-10,12,18H,6,8,11,13H2,(H,25,26). The van der Waals surface area contributed by atoms with Crippen molar-refractivity contribution in [3.8, 4) is 28.4 Å². The van der Waals surface area contributed by atoms with Crippen LogP contribution in [0.25, 0.3) is 11.1 Å². The minimum atomic E-state index is -0.0759. The lowest BCUT2D eigenvalue weighted by molar-refractivity contribution is -0.120. The van der Waals surface area contributed by atoms with E-state index in [1.807, 2.05) is 30.3 Å². The molecule has 0 bridgehead atoms. The summed E-state index contributed by atoms with van der Waals surface area (Å²) in [7, 11) is 0. The molecule has 5 rings (SSSR count). The Morgan fingerprint density at radius 2 is 1.83 bits per heavy atom. The van der Waals surface area contributed by atoms with Crippen LogP contribution in [0.2, 0.25) is 0 Å². The molecule has 1 aromatic heterocycles. The quantitative estimate of drug-likeness (QED) is 0.722. The van der Waals surface area contributed by atoms with Crippen molar-refractivity contribution in [2.75, 3.05) is 13.3 Å². The summed E-state index contributed by atoms with van der Waals surface area (Å²) in [5.74, 6) is 2.21. The molecule has 1 N–H and O–H groups in total. The van der Waals surface area contributed by atoms with Crippen molar-refractivity contribution in [3.05, 3.63) is 66.2 Å². The molecule has 29 heavy (non-hydrogen) atoms. The number of nitrogens with one attached hydrogen (secondary N) is 1. The van der Waals surface area contributed by atoms with E-state index >= 15 is 0 Å². The van der Waals surface area contributed by atoms with E-state index in [4.69, 9.17) is 14.2 Å². The zero-order valence-electron chi connectivity index (χ0n) is 15.6. The second kappa shape index (κ2) is 7.43. The number of amides is 1. The average Bonchev–Trinajstić information content (AvgIpc) is 3.38. The zero-order valence-corrected chi connectivity index (χ0v) is 15.6. The molecule has 2 aromatic carbocycles. The highest BCUT2D eigenvalue weighted by atomic mass is 16.7. The normalized spacial score (nSPS) is 16.2. The highest BCUT2D eigenvalue weighted by molar-refractivity contribution is 5.79. The van der Waals surface area contributed by atoms with E-state index in [0.29, 0.717) is 18.0 Å². The van der Waals surface area contributed by atoms with Crippen LogP contribution < -0.4 is 19.5 Å². The number of fused-ring (bicyclic) bond motifs is 2. The SMILES string of the molecule is O=C(Cc1ccc2c(c1)OCO2)NCC1Cc2cc(-c3cncnc3)ccc2O1. The van der Waals surface area contributed by atoms with Crippen molar-refractivity contribution >= 4 is 5.91 Å². The Morgan fingerprint density at radius 3 is 2.72 bits per heavy atom. The van der Waals surface area contributed by atoms with Crippen molar-refractivity contribution in [1.82, 2.24) is 15.3 Å². The molecule has 0 aliphatic carbocycles. The molecule has 7 heteroatoms. The number of benzene rings is 2. The fourth-order valence-electron chi connectivity index (χ4n) is 3.59. The van der Waals surface area contributed by atoms with Gasteiger partial charge in [0.25, 0.3) is 0 Å². The Kier molecular flexibility index (Phi) is 4.48. The number of carbonyl (C=O) groups excluding carboxylic acids is 1. The molecule has 1 atom stereocenters. The van der Waals surface area contributed by atoms with Crippen LogP contribution in [-0.4, -0.2) is 35.3 Å². The number of ether oxygens (including phenoxy) is 3. The number of hydrogen-bond donors (Lipinski definition) is 1. The van der Waals surface area contributed by atoms with Gasteiger partial charge in [-0.2, -0.15) is 0 Å². The fraction of sp³-hybridized carbons (Fsp3) is 0.227. The third-order valence-electron chi connectivity index (χ3n) is 5.02. The maximum absolute atomic E-state index is 12.3. The van der Waals surface area contributed by atoms with Crippen LogP contribution in [-0.2, 0) is 17.6 Å². The Hall–Kier alpha value is -3.61. The summed E-state index contributed by atoms with van der Waals surface area (Å²) >= 11 is 0. The van der Waals surface area contributed by atoms with E-state index in [2.05, 4.69) is 21.4 Å². The van der Waals surface area contributed by atoms with Crippen molar-refractivity contribution in [3.63, 3.8) is 0 Å². The Bertz CT molecular complexity index is 1060. The van der Waals surface area contributed by atoms with Crippen LogP contribution in [0.3, 0.4) is 0 Å². The first-order valence-corrected chi connectivity index (χ1v) is 9.45. The van der Waals surface area contributed by atoms with E-state index < -0.39 is 0 Å². The number of aromatic nitrogens is 2. The molecule has 1 unspecified atom stereocenters. The van der Waals surface area contributed by atoms with Crippen LogP contribution in [0.4, 0.5) is 0 Å². The largest absolute Gasteiger partial charge is 0.488 e. The van der Waals surface area contributed by atoms with Gasteiger partial charge in [-0.05, 0) is 41.0 Å². The smallest absolute Gasteiger partial charge is 0.231 e. The molecule has 146 valence electrons. The zero-order chi connectivity index (χ0) is 19.6. The summed E-state index contributed by atoms with van der Waals surface area (Å²) in [4.78, 5) is 20.5. The predicted molar refractivity (Wildman–Crippen MR) is 105 cm³/mol. The van der Waals surface area contributed by atoms with Crippen molar-refractivity contribution in [2.24, 2.45) is 0 Å². The molecule has 2 aliphatic heterocycles. The molecule has 0 spiro atoms. The summed E-state index contributed by atoms with van der Waals surface area (Å²) in [6.45, 7) is 0.686. The van der Waals surface area contributed by atoms with Gasteiger partial charge in [0.2, 0.25) is 12.7 Å². The van der Waals surface area contributed by atoms with Gasteiger partial charge in [0.1, 0.15) is 18.2 Å². The van der Waals surface area contributed by atoms with Gasteiger partial charge in [0.05, 0.1) is 13.0 Å². The van der Waals surface area contributed by atoms with Gasteiger partial charge in [-0.3, -0.25) is 4.79 Å².